The largest absolute Gasteiger partial charge is 0.506 e. The number of fused-ring (bicyclic) bond motifs is 2. The number of H-pyrrole nitrogens is 2. The number of ketones is 12. The Hall–Kier alpha value is -12.4. The fraction of sp³-hybridized carbons (Fsp3) is 0.221. The molecule has 0 bridgehead atoms. The molecule has 27 nitrogen and oxygen atoms in total. The van der Waals surface area contributed by atoms with Gasteiger partial charge < -0.3 is 72.4 Å². The Kier molecular flexibility index (Phi) is 34.7. The second-order valence-electron chi connectivity index (χ2n) is 23.6. The number of Topliss-reactive ketones (excluding diaryl/α,β-unsaturated/α-hetero) is 12. The van der Waals surface area contributed by atoms with Gasteiger partial charge in [0.25, 0.3) is 0 Å². The number of benzene rings is 7. The van der Waals surface area contributed by atoms with Crippen LogP contribution in [0.1, 0.15) is 153 Å². The Morgan fingerprint density at radius 3 is 0.808 bits per heavy atom. The van der Waals surface area contributed by atoms with Crippen LogP contribution in [0.4, 0.5) is 28.4 Å². The maximum Gasteiger partial charge on any atom is 0.190 e. The van der Waals surface area contributed by atoms with E-state index in [0.717, 1.165) is 0 Å². The highest BCUT2D eigenvalue weighted by Crippen LogP contribution is 2.21. The summed E-state index contributed by atoms with van der Waals surface area (Å²) >= 11 is 0. The number of carbonyl (C=O) groups is 12. The number of anilines is 5. The highest BCUT2D eigenvalue weighted by atomic mass is 16.3. The zero-order valence-corrected chi connectivity index (χ0v) is 58.6. The maximum atomic E-state index is 11.7. The number of pyridine rings is 2. The molecule has 0 aliphatic heterocycles. The smallest absolute Gasteiger partial charge is 0.190 e. The van der Waals surface area contributed by atoms with Gasteiger partial charge in [0.05, 0.1) is 47.1 Å². The fourth-order valence-corrected chi connectivity index (χ4v) is 8.85. The fourth-order valence-electron chi connectivity index (χ4n) is 8.85. The molecule has 104 heavy (non-hydrogen) atoms. The van der Waals surface area contributed by atoms with Gasteiger partial charge in [0.2, 0.25) is 0 Å². The number of nitrogens with two attached hydrogens (primary N) is 10. The van der Waals surface area contributed by atoms with Gasteiger partial charge in [-0.15, -0.1) is 0 Å². The topological polar surface area (TPSA) is 551 Å². The highest BCUT2D eigenvalue weighted by molar-refractivity contribution is 6.07. The maximum absolute atomic E-state index is 11.7. The Bertz CT molecular complexity index is 4300. The normalized spacial score (nSPS) is 11.7. The summed E-state index contributed by atoms with van der Waals surface area (Å²) in [4.78, 5) is 164. The van der Waals surface area contributed by atoms with Gasteiger partial charge in [-0.3, -0.25) is 67.1 Å². The highest BCUT2D eigenvalue weighted by Gasteiger charge is 2.21. The molecule has 2 aromatic heterocycles. The van der Waals surface area contributed by atoms with Gasteiger partial charge in [-0.1, -0.05) is 78.9 Å². The molecular formula is C77H88N12O15. The van der Waals surface area contributed by atoms with Crippen molar-refractivity contribution in [2.75, 3.05) is 28.7 Å². The monoisotopic (exact) mass is 1420 g/mol. The molecule has 0 amide bonds. The number of phenols is 1. The first-order valence-electron chi connectivity index (χ1n) is 32.1. The van der Waals surface area contributed by atoms with E-state index in [2.05, 4.69) is 9.97 Å². The summed E-state index contributed by atoms with van der Waals surface area (Å²) in [6.45, 7) is 9.63. The van der Waals surface area contributed by atoms with Gasteiger partial charge in [0.15, 0.2) is 51.3 Å². The number of aromatic amines is 2. The minimum Gasteiger partial charge on any atom is -0.506 e. The van der Waals surface area contributed by atoms with Crippen LogP contribution < -0.4 is 68.2 Å². The number of phenolic OH excluding ortho intramolecular Hbond substituents is 1. The summed E-state index contributed by atoms with van der Waals surface area (Å²) in [5, 5.41) is 10.5. The summed E-state index contributed by atoms with van der Waals surface area (Å²) in [7, 11) is 0. The predicted octanol–water partition coefficient (Wildman–Crippen LogP) is 6.96. The number of nitrogens with one attached hydrogen (secondary N) is 2. The number of hydrogen-bond donors (Lipinski definition) is 13. The van der Waals surface area contributed by atoms with E-state index in [1.807, 2.05) is 6.07 Å². The zero-order chi connectivity index (χ0) is 78.2. The molecule has 0 radical (unpaired) electrons. The van der Waals surface area contributed by atoms with E-state index in [0.29, 0.717) is 83.8 Å². The standard InChI is InChI=1S/5C11H14N2O2.C11H9NO3.C11H9NO2/c5*1-7(14)10(13)6-11(15)8-4-2-3-5-9(8)12;1-6(13)8-5-10(15)7-3-2-4-9(14)11(7)12-8;1-7(13)10-6-11(14)8-4-2-3-5-9(8)12-10/h5*2-5,10H,6,12-13H2,1H3;2-5,14H,1H3,(H,12,15);2-6H,1H3,(H,12,14)/t2*10-;;;;;/m10...../s1. The summed E-state index contributed by atoms with van der Waals surface area (Å²) in [6.07, 6.45) is 0.0176. The summed E-state index contributed by atoms with van der Waals surface area (Å²) in [5.41, 5.74) is 61.0. The first-order valence-corrected chi connectivity index (χ1v) is 32.1. The van der Waals surface area contributed by atoms with Gasteiger partial charge in [0, 0.05) is 131 Å². The van der Waals surface area contributed by atoms with E-state index in [4.69, 9.17) is 57.3 Å². The van der Waals surface area contributed by atoms with E-state index < -0.39 is 30.2 Å². The van der Waals surface area contributed by atoms with Crippen LogP contribution in [0.2, 0.25) is 0 Å². The van der Waals surface area contributed by atoms with Crippen LogP contribution in [-0.2, 0) is 24.0 Å². The number of para-hydroxylation sites is 7. The molecule has 3 unspecified atom stereocenters. The Morgan fingerprint density at radius 2 is 0.548 bits per heavy atom. The van der Waals surface area contributed by atoms with Crippen molar-refractivity contribution in [2.24, 2.45) is 28.7 Å². The van der Waals surface area contributed by atoms with Gasteiger partial charge >= 0.3 is 0 Å². The average Bonchev–Trinajstić information content (AvgIpc) is 0.792. The molecule has 0 aliphatic rings. The zero-order valence-electron chi connectivity index (χ0n) is 58.6. The van der Waals surface area contributed by atoms with Crippen LogP contribution in [0.15, 0.2) is 186 Å². The number of rotatable bonds is 22. The lowest BCUT2D eigenvalue weighted by atomic mass is 10.0. The number of aromatic hydroxyl groups is 1. The quantitative estimate of drug-likeness (QED) is 0.0241. The molecule has 0 spiro atoms. The SMILES string of the molecule is CC(=O)C(N)CC(=O)c1ccccc1N.CC(=O)C(N)CC(=O)c1ccccc1N.CC(=O)C(N)CC(=O)c1ccccc1N.CC(=O)[C@@H](N)CC(=O)c1ccccc1N.CC(=O)[C@H](N)CC(=O)c1ccccc1N.CC(=O)c1cc(=O)c2cccc(O)c2[nH]1.CC(=O)c1cc(=O)c2ccccc2[nH]1. The molecule has 546 valence electrons. The number of aromatic nitrogens is 2. The lowest BCUT2D eigenvalue weighted by Crippen LogP contribution is -2.31. The number of hydrogen-bond acceptors (Lipinski definition) is 25. The molecule has 23 N–H and O–H groups in total. The van der Waals surface area contributed by atoms with Crippen LogP contribution in [0.5, 0.6) is 5.75 Å². The first-order chi connectivity index (χ1) is 48.9. The van der Waals surface area contributed by atoms with E-state index in [9.17, 15) is 72.2 Å². The second kappa shape index (κ2) is 42.0. The van der Waals surface area contributed by atoms with E-state index in [1.54, 1.807) is 152 Å². The second-order valence-corrected chi connectivity index (χ2v) is 23.6. The lowest BCUT2D eigenvalue weighted by Gasteiger charge is -2.08. The summed E-state index contributed by atoms with van der Waals surface area (Å²) in [6, 6.07) is 44.4. The Morgan fingerprint density at radius 1 is 0.317 bits per heavy atom. The summed E-state index contributed by atoms with van der Waals surface area (Å²) in [5.74, 6) is -2.38. The molecular weight excluding hydrogens is 1330 g/mol. The Balaban J connectivity index is 0.000000315. The molecule has 9 aromatic rings. The first kappa shape index (κ1) is 85.8. The van der Waals surface area contributed by atoms with Crippen molar-refractivity contribution in [2.45, 2.75) is 111 Å². The van der Waals surface area contributed by atoms with Crippen LogP contribution in [-0.4, -0.2) is 115 Å². The van der Waals surface area contributed by atoms with Gasteiger partial charge in [-0.2, -0.15) is 0 Å². The van der Waals surface area contributed by atoms with Crippen LogP contribution in [0, 0.1) is 0 Å². The minimum atomic E-state index is -0.739. The van der Waals surface area contributed by atoms with Crippen molar-refractivity contribution in [1.82, 2.24) is 9.97 Å². The van der Waals surface area contributed by atoms with Crippen molar-refractivity contribution in [3.05, 3.63) is 236 Å². The minimum absolute atomic E-state index is 0.00352. The van der Waals surface area contributed by atoms with E-state index in [1.165, 1.54) is 66.7 Å². The van der Waals surface area contributed by atoms with Crippen LogP contribution in [0.3, 0.4) is 0 Å². The van der Waals surface area contributed by atoms with Crippen molar-refractivity contribution in [1.29, 1.82) is 0 Å². The van der Waals surface area contributed by atoms with Crippen molar-refractivity contribution >= 4 is 120 Å². The van der Waals surface area contributed by atoms with Crippen molar-refractivity contribution in [3.63, 3.8) is 0 Å². The van der Waals surface area contributed by atoms with Crippen LogP contribution in [0.25, 0.3) is 21.8 Å². The van der Waals surface area contributed by atoms with Crippen molar-refractivity contribution < 1.29 is 62.6 Å². The summed E-state index contributed by atoms with van der Waals surface area (Å²) < 4.78 is 0. The number of carbonyl (C=O) groups excluding carboxylic acids is 12. The van der Waals surface area contributed by atoms with E-state index in [-0.39, 0.29) is 124 Å². The van der Waals surface area contributed by atoms with Crippen molar-refractivity contribution in [3.8, 4) is 5.75 Å². The molecule has 9 rings (SSSR count). The Labute approximate surface area is 599 Å². The third kappa shape index (κ3) is 27.6. The molecule has 7 aromatic carbocycles. The molecule has 0 fully saturated rings. The molecule has 5 atom stereocenters. The lowest BCUT2D eigenvalue weighted by molar-refractivity contribution is -0.118. The van der Waals surface area contributed by atoms with Gasteiger partial charge in [-0.05, 0) is 120 Å². The number of nitrogen functional groups attached to an aromatic ring is 5. The van der Waals surface area contributed by atoms with Gasteiger partial charge in [-0.25, -0.2) is 0 Å². The molecule has 2 heterocycles. The molecule has 0 aliphatic carbocycles. The predicted molar refractivity (Wildman–Crippen MR) is 403 cm³/mol. The molecule has 0 saturated heterocycles. The molecule has 0 saturated carbocycles. The van der Waals surface area contributed by atoms with Crippen LogP contribution >= 0.6 is 0 Å². The molecule has 27 heteroatoms. The third-order valence-corrected chi connectivity index (χ3v) is 15.3. The average molecular weight is 1420 g/mol. The van der Waals surface area contributed by atoms with Gasteiger partial charge in [0.1, 0.15) is 34.7 Å². The third-order valence-electron chi connectivity index (χ3n) is 15.3. The van der Waals surface area contributed by atoms with E-state index >= 15 is 0 Å².